The van der Waals surface area contributed by atoms with E-state index in [2.05, 4.69) is 4.90 Å². The molecule has 1 aliphatic rings. The molecule has 0 amide bonds. The van der Waals surface area contributed by atoms with Crippen molar-refractivity contribution in [2.75, 3.05) is 26.3 Å². The number of halogens is 1. The molecule has 3 rings (SSSR count). The molecule has 1 saturated heterocycles. The Morgan fingerprint density at radius 1 is 1.27 bits per heavy atom. The van der Waals surface area contributed by atoms with Gasteiger partial charge in [-0.25, -0.2) is 9.18 Å². The van der Waals surface area contributed by atoms with Crippen LogP contribution in [0.5, 0.6) is 0 Å². The van der Waals surface area contributed by atoms with E-state index >= 15 is 0 Å². The lowest BCUT2D eigenvalue weighted by Gasteiger charge is -2.27. The van der Waals surface area contributed by atoms with E-state index in [9.17, 15) is 14.3 Å². The van der Waals surface area contributed by atoms with Gasteiger partial charge in [0.05, 0.1) is 25.4 Å². The molecule has 6 heteroatoms. The van der Waals surface area contributed by atoms with Crippen molar-refractivity contribution in [1.29, 1.82) is 0 Å². The summed E-state index contributed by atoms with van der Waals surface area (Å²) in [5.41, 5.74) is 2.80. The van der Waals surface area contributed by atoms with Gasteiger partial charge < -0.3 is 14.6 Å². The highest BCUT2D eigenvalue weighted by atomic mass is 19.1. The number of carbonyl (C=O) groups is 1. The summed E-state index contributed by atoms with van der Waals surface area (Å²) in [5.74, 6) is -0.591. The van der Waals surface area contributed by atoms with E-state index in [1.165, 1.54) is 12.1 Å². The van der Waals surface area contributed by atoms with Crippen LogP contribution in [-0.2, 0) is 20.7 Å². The van der Waals surface area contributed by atoms with Gasteiger partial charge in [-0.15, -0.1) is 0 Å². The molecule has 0 spiro atoms. The van der Waals surface area contributed by atoms with Gasteiger partial charge >= 0.3 is 5.97 Å². The molecule has 1 N–H and O–H groups in total. The maximum absolute atomic E-state index is 13.5. The van der Waals surface area contributed by atoms with Crippen LogP contribution in [-0.4, -0.2) is 54.4 Å². The number of hydrogen-bond donors (Lipinski definition) is 1. The van der Waals surface area contributed by atoms with Gasteiger partial charge in [-0.3, -0.25) is 4.90 Å². The highest BCUT2D eigenvalue weighted by Gasteiger charge is 2.27. The van der Waals surface area contributed by atoms with Crippen LogP contribution in [0, 0.1) is 5.82 Å². The standard InChI is InChI=1S/C27H34FNO4/c1-3-32-27(31)14-13-22-9-4-5-12-26(22)20(2)33-19-25(30)18-29-15-7-11-24(29)17-21-8-6-10-23(28)16-21/h4-6,8-10,12-14,16,20,24-25,30H,3,7,11,15,17-19H2,1-2H3/b14-13+/t20-,24+,25-/m1/s1. The highest BCUT2D eigenvalue weighted by Crippen LogP contribution is 2.24. The molecule has 1 fully saturated rings. The fourth-order valence-electron chi connectivity index (χ4n) is 4.35. The Hall–Kier alpha value is -2.54. The Morgan fingerprint density at radius 3 is 2.88 bits per heavy atom. The predicted octanol–water partition coefficient (Wildman–Crippen LogP) is 4.55. The van der Waals surface area contributed by atoms with Crippen molar-refractivity contribution < 1.29 is 23.8 Å². The molecule has 178 valence electrons. The van der Waals surface area contributed by atoms with Crippen molar-refractivity contribution in [2.45, 2.75) is 51.4 Å². The number of nitrogens with zero attached hydrogens (tertiary/aromatic N) is 1. The Labute approximate surface area is 195 Å². The second-order valence-corrected chi connectivity index (χ2v) is 8.47. The third-order valence-electron chi connectivity index (χ3n) is 5.96. The molecule has 1 aliphatic heterocycles. The molecule has 0 bridgehead atoms. The minimum atomic E-state index is -0.622. The smallest absolute Gasteiger partial charge is 0.330 e. The first kappa shape index (κ1) is 25.1. The predicted molar refractivity (Wildman–Crippen MR) is 127 cm³/mol. The van der Waals surface area contributed by atoms with Gasteiger partial charge in [0.1, 0.15) is 5.82 Å². The third-order valence-corrected chi connectivity index (χ3v) is 5.96. The number of ether oxygens (including phenoxy) is 2. The molecule has 0 unspecified atom stereocenters. The normalized spacial score (nSPS) is 18.5. The van der Waals surface area contributed by atoms with E-state index < -0.39 is 6.10 Å². The first-order valence-corrected chi connectivity index (χ1v) is 11.7. The SMILES string of the molecule is CCOC(=O)/C=C/c1ccccc1[C@@H](C)OC[C@H](O)CN1CCC[C@H]1Cc1cccc(F)c1. The molecule has 0 aliphatic carbocycles. The minimum absolute atomic E-state index is 0.209. The summed E-state index contributed by atoms with van der Waals surface area (Å²) in [4.78, 5) is 13.9. The number of aliphatic hydroxyl groups is 1. The average molecular weight is 456 g/mol. The van der Waals surface area contributed by atoms with Gasteiger partial charge in [0.25, 0.3) is 0 Å². The van der Waals surface area contributed by atoms with Gasteiger partial charge in [0.15, 0.2) is 0 Å². The number of aliphatic hydroxyl groups excluding tert-OH is 1. The van der Waals surface area contributed by atoms with Gasteiger partial charge in [0.2, 0.25) is 0 Å². The Balaban J connectivity index is 1.52. The largest absolute Gasteiger partial charge is 0.463 e. The summed E-state index contributed by atoms with van der Waals surface area (Å²) in [7, 11) is 0. The molecule has 33 heavy (non-hydrogen) atoms. The number of hydrogen-bond acceptors (Lipinski definition) is 5. The maximum Gasteiger partial charge on any atom is 0.330 e. The first-order chi connectivity index (χ1) is 16.0. The molecular weight excluding hydrogens is 421 g/mol. The lowest BCUT2D eigenvalue weighted by molar-refractivity contribution is -0.137. The van der Waals surface area contributed by atoms with Crippen LogP contribution in [0.15, 0.2) is 54.6 Å². The van der Waals surface area contributed by atoms with Crippen molar-refractivity contribution >= 4 is 12.0 Å². The van der Waals surface area contributed by atoms with Crippen LogP contribution < -0.4 is 0 Å². The zero-order chi connectivity index (χ0) is 23.6. The lowest BCUT2D eigenvalue weighted by Crippen LogP contribution is -2.39. The second kappa shape index (κ2) is 12.6. The van der Waals surface area contributed by atoms with Crippen molar-refractivity contribution in [1.82, 2.24) is 4.90 Å². The zero-order valence-electron chi connectivity index (χ0n) is 19.5. The second-order valence-electron chi connectivity index (χ2n) is 8.47. The van der Waals surface area contributed by atoms with Crippen LogP contribution in [0.4, 0.5) is 4.39 Å². The van der Waals surface area contributed by atoms with Gasteiger partial charge in [0, 0.05) is 18.7 Å². The van der Waals surface area contributed by atoms with Gasteiger partial charge in [-0.05, 0) is 74.6 Å². The number of esters is 1. The lowest BCUT2D eigenvalue weighted by atomic mass is 10.0. The number of β-amino-alcohol motifs (C(OH)–C–C–N with tert-alkyl or cyclic N) is 1. The topological polar surface area (TPSA) is 59.0 Å². The van der Waals surface area contributed by atoms with Crippen LogP contribution in [0.2, 0.25) is 0 Å². The summed E-state index contributed by atoms with van der Waals surface area (Å²) in [6.45, 7) is 5.70. The van der Waals surface area contributed by atoms with E-state index in [1.807, 2.05) is 37.3 Å². The van der Waals surface area contributed by atoms with Crippen LogP contribution in [0.1, 0.15) is 49.5 Å². The van der Waals surface area contributed by atoms with E-state index in [4.69, 9.17) is 9.47 Å². The number of rotatable bonds is 11. The highest BCUT2D eigenvalue weighted by molar-refractivity contribution is 5.87. The monoisotopic (exact) mass is 455 g/mol. The van der Waals surface area contributed by atoms with Gasteiger partial charge in [-0.1, -0.05) is 36.4 Å². The van der Waals surface area contributed by atoms with E-state index in [0.29, 0.717) is 19.2 Å². The molecule has 0 saturated carbocycles. The fraction of sp³-hybridized carbons (Fsp3) is 0.444. The molecule has 3 atom stereocenters. The Bertz CT molecular complexity index is 932. The molecule has 2 aromatic rings. The molecular formula is C27H34FNO4. The summed E-state index contributed by atoms with van der Waals surface area (Å²) in [6, 6.07) is 14.8. The number of carbonyl (C=O) groups excluding carboxylic acids is 1. The van der Waals surface area contributed by atoms with Crippen molar-refractivity contribution in [3.63, 3.8) is 0 Å². The Morgan fingerprint density at radius 2 is 2.09 bits per heavy atom. The first-order valence-electron chi connectivity index (χ1n) is 11.7. The minimum Gasteiger partial charge on any atom is -0.463 e. The molecule has 0 aromatic heterocycles. The summed E-state index contributed by atoms with van der Waals surface area (Å²) in [5, 5.41) is 10.6. The quantitative estimate of drug-likeness (QED) is 0.398. The van der Waals surface area contributed by atoms with Crippen LogP contribution >= 0.6 is 0 Å². The molecule has 2 aromatic carbocycles. The summed E-state index contributed by atoms with van der Waals surface area (Å²) >= 11 is 0. The van der Waals surface area contributed by atoms with Crippen molar-refractivity contribution in [2.24, 2.45) is 0 Å². The third kappa shape index (κ3) is 7.77. The summed E-state index contributed by atoms with van der Waals surface area (Å²) < 4.78 is 24.5. The van der Waals surface area contributed by atoms with Crippen molar-refractivity contribution in [3.05, 3.63) is 77.1 Å². The van der Waals surface area contributed by atoms with Crippen LogP contribution in [0.25, 0.3) is 6.08 Å². The fourth-order valence-corrected chi connectivity index (χ4v) is 4.35. The van der Waals surface area contributed by atoms with Crippen LogP contribution in [0.3, 0.4) is 0 Å². The van der Waals surface area contributed by atoms with Gasteiger partial charge in [-0.2, -0.15) is 0 Å². The molecule has 1 heterocycles. The van der Waals surface area contributed by atoms with E-state index in [1.54, 1.807) is 25.1 Å². The van der Waals surface area contributed by atoms with E-state index in [-0.39, 0.29) is 24.5 Å². The average Bonchev–Trinajstić information content (AvgIpc) is 3.22. The molecule has 0 radical (unpaired) electrons. The van der Waals surface area contributed by atoms with E-state index in [0.717, 1.165) is 42.5 Å². The number of likely N-dealkylation sites (tertiary alicyclic amines) is 1. The summed E-state index contributed by atoms with van der Waals surface area (Å²) in [6.07, 6.45) is 5.17. The molecule has 5 nitrogen and oxygen atoms in total. The Kier molecular flexibility index (Phi) is 9.61. The maximum atomic E-state index is 13.5. The number of benzene rings is 2. The zero-order valence-corrected chi connectivity index (χ0v) is 19.5. The van der Waals surface area contributed by atoms with Crippen molar-refractivity contribution in [3.8, 4) is 0 Å².